The van der Waals surface area contributed by atoms with Gasteiger partial charge in [0.15, 0.2) is 5.96 Å². The van der Waals surface area contributed by atoms with Crippen molar-refractivity contribution in [1.82, 2.24) is 0 Å². The van der Waals surface area contributed by atoms with Gasteiger partial charge in [0.25, 0.3) is 5.91 Å². The van der Waals surface area contributed by atoms with Crippen LogP contribution in [-0.4, -0.2) is 29.3 Å². The fraction of sp³-hybridized carbons (Fsp3) is 0.154. The van der Waals surface area contributed by atoms with E-state index in [1.807, 2.05) is 18.2 Å². The van der Waals surface area contributed by atoms with E-state index in [0.717, 1.165) is 5.57 Å². The summed E-state index contributed by atoms with van der Waals surface area (Å²) in [5.74, 6) is -0.766. The van der Waals surface area contributed by atoms with Crippen molar-refractivity contribution in [3.8, 4) is 0 Å². The van der Waals surface area contributed by atoms with Crippen LogP contribution >= 0.6 is 0 Å². The molecule has 1 aliphatic heterocycles. The Morgan fingerprint density at radius 1 is 1.37 bits per heavy atom. The molecule has 0 aromatic rings. The van der Waals surface area contributed by atoms with Crippen molar-refractivity contribution in [2.45, 2.75) is 6.42 Å². The van der Waals surface area contributed by atoms with Gasteiger partial charge in [0.2, 0.25) is 0 Å². The van der Waals surface area contributed by atoms with Crippen LogP contribution in [0.3, 0.4) is 0 Å². The third kappa shape index (κ3) is 2.86. The molecule has 0 radical (unpaired) electrons. The van der Waals surface area contributed by atoms with E-state index in [1.54, 1.807) is 6.08 Å². The molecule has 0 atom stereocenters. The number of carbonyl (C=O) groups excluding carboxylic acids is 1. The van der Waals surface area contributed by atoms with Crippen LogP contribution in [0.1, 0.15) is 6.42 Å². The lowest BCUT2D eigenvalue weighted by Gasteiger charge is -2.16. The Morgan fingerprint density at radius 2 is 2.11 bits per heavy atom. The van der Waals surface area contributed by atoms with Gasteiger partial charge in [-0.3, -0.25) is 9.79 Å². The molecule has 1 heterocycles. The zero-order valence-electron chi connectivity index (χ0n) is 10.2. The molecule has 0 aromatic carbocycles. The summed E-state index contributed by atoms with van der Waals surface area (Å²) in [7, 11) is 0. The molecule has 2 aliphatic rings. The SMILES string of the molecule is NC(N)=NC(=O)C1=CN=C2C(CO)=CC=CC=C2C1. The monoisotopic (exact) mass is 258 g/mol. The molecule has 0 fully saturated rings. The Hall–Kier alpha value is -2.47. The van der Waals surface area contributed by atoms with Crippen LogP contribution in [-0.2, 0) is 4.79 Å². The smallest absolute Gasteiger partial charge is 0.277 e. The maximum Gasteiger partial charge on any atom is 0.277 e. The topological polar surface area (TPSA) is 114 Å². The fourth-order valence-electron chi connectivity index (χ4n) is 1.86. The van der Waals surface area contributed by atoms with Gasteiger partial charge in [0.05, 0.1) is 12.3 Å². The van der Waals surface area contributed by atoms with Gasteiger partial charge in [-0.2, -0.15) is 4.99 Å². The van der Waals surface area contributed by atoms with E-state index in [-0.39, 0.29) is 12.6 Å². The molecule has 1 amide bonds. The number of nitrogens with zero attached hydrogens (tertiary/aromatic N) is 2. The number of fused-ring (bicyclic) bond motifs is 1. The van der Waals surface area contributed by atoms with Crippen LogP contribution in [0.5, 0.6) is 0 Å². The molecule has 19 heavy (non-hydrogen) atoms. The Labute approximate surface area is 110 Å². The zero-order valence-corrected chi connectivity index (χ0v) is 10.2. The maximum atomic E-state index is 11.7. The highest BCUT2D eigenvalue weighted by Crippen LogP contribution is 2.24. The minimum atomic E-state index is -0.494. The van der Waals surface area contributed by atoms with Crippen molar-refractivity contribution in [3.05, 3.63) is 47.2 Å². The molecule has 0 bridgehead atoms. The number of hydrogen-bond acceptors (Lipinski definition) is 3. The Kier molecular flexibility index (Phi) is 3.72. The van der Waals surface area contributed by atoms with Crippen molar-refractivity contribution in [1.29, 1.82) is 0 Å². The third-order valence-electron chi connectivity index (χ3n) is 2.72. The number of nitrogens with two attached hydrogens (primary N) is 2. The second kappa shape index (κ2) is 5.45. The number of rotatable bonds is 2. The molecule has 6 nitrogen and oxygen atoms in total. The lowest BCUT2D eigenvalue weighted by atomic mass is 9.94. The summed E-state index contributed by atoms with van der Waals surface area (Å²) in [5, 5.41) is 9.30. The predicted octanol–water partition coefficient (Wildman–Crippen LogP) is -0.0701. The number of aliphatic hydroxyl groups excluding tert-OH is 1. The highest BCUT2D eigenvalue weighted by atomic mass is 16.3. The summed E-state index contributed by atoms with van der Waals surface area (Å²) in [6, 6.07) is 0. The molecular weight excluding hydrogens is 244 g/mol. The predicted molar refractivity (Wildman–Crippen MR) is 73.3 cm³/mol. The lowest BCUT2D eigenvalue weighted by Crippen LogP contribution is -2.25. The molecule has 2 rings (SSSR count). The van der Waals surface area contributed by atoms with Gasteiger partial charge in [0.1, 0.15) is 0 Å². The van der Waals surface area contributed by atoms with Crippen molar-refractivity contribution in [3.63, 3.8) is 0 Å². The van der Waals surface area contributed by atoms with Crippen molar-refractivity contribution >= 4 is 17.6 Å². The largest absolute Gasteiger partial charge is 0.392 e. The minimum absolute atomic E-state index is 0.106. The first-order valence-electron chi connectivity index (χ1n) is 5.70. The second-order valence-electron chi connectivity index (χ2n) is 4.08. The first-order chi connectivity index (χ1) is 9.11. The quantitative estimate of drug-likeness (QED) is 0.475. The van der Waals surface area contributed by atoms with Gasteiger partial charge in [-0.15, -0.1) is 0 Å². The highest BCUT2D eigenvalue weighted by molar-refractivity contribution is 6.16. The molecule has 0 spiro atoms. The number of carbonyl (C=O) groups is 1. The molecule has 98 valence electrons. The maximum absolute atomic E-state index is 11.7. The summed E-state index contributed by atoms with van der Waals surface area (Å²) in [5.41, 5.74) is 13.0. The number of aliphatic imine (C=N–C) groups is 2. The highest BCUT2D eigenvalue weighted by Gasteiger charge is 2.21. The van der Waals surface area contributed by atoms with E-state index in [1.165, 1.54) is 6.20 Å². The first-order valence-corrected chi connectivity index (χ1v) is 5.70. The van der Waals surface area contributed by atoms with Crippen LogP contribution in [0.2, 0.25) is 0 Å². The van der Waals surface area contributed by atoms with Gasteiger partial charge < -0.3 is 16.6 Å². The Bertz CT molecular complexity index is 588. The molecule has 1 aliphatic carbocycles. The number of hydrogen-bond donors (Lipinski definition) is 3. The Balaban J connectivity index is 2.35. The standard InChI is InChI=1S/C13H14N4O2/c14-13(15)17-12(19)10-5-8-3-1-2-4-9(7-18)11(8)16-6-10/h1-4,6,18H,5,7H2,(H4,14,15,17,19). The number of aliphatic hydroxyl groups is 1. The van der Waals surface area contributed by atoms with Crippen LogP contribution in [0.25, 0.3) is 0 Å². The number of allylic oxidation sites excluding steroid dienone is 5. The number of amides is 1. The van der Waals surface area contributed by atoms with E-state index in [9.17, 15) is 9.90 Å². The fourth-order valence-corrected chi connectivity index (χ4v) is 1.86. The average Bonchev–Trinajstić information content (AvgIpc) is 2.58. The van der Waals surface area contributed by atoms with Crippen LogP contribution in [0, 0.1) is 0 Å². The summed E-state index contributed by atoms with van der Waals surface area (Å²) in [4.78, 5) is 19.4. The van der Waals surface area contributed by atoms with Crippen LogP contribution in [0.4, 0.5) is 0 Å². The van der Waals surface area contributed by atoms with Crippen molar-refractivity contribution in [2.75, 3.05) is 6.61 Å². The molecule has 0 unspecified atom stereocenters. The van der Waals surface area contributed by atoms with Crippen molar-refractivity contribution in [2.24, 2.45) is 21.5 Å². The van der Waals surface area contributed by atoms with Gasteiger partial charge in [-0.1, -0.05) is 24.3 Å². The molecule has 0 aromatic heterocycles. The summed E-state index contributed by atoms with van der Waals surface area (Å²) >= 11 is 0. The number of guanidine groups is 1. The van der Waals surface area contributed by atoms with E-state index in [2.05, 4.69) is 9.98 Å². The normalized spacial score (nSPS) is 17.3. The summed E-state index contributed by atoms with van der Waals surface area (Å²) < 4.78 is 0. The van der Waals surface area contributed by atoms with Gasteiger partial charge in [-0.05, 0) is 5.57 Å². The van der Waals surface area contributed by atoms with E-state index in [0.29, 0.717) is 23.3 Å². The van der Waals surface area contributed by atoms with E-state index >= 15 is 0 Å². The molecular formula is C13H14N4O2. The molecule has 0 saturated heterocycles. The van der Waals surface area contributed by atoms with Crippen molar-refractivity contribution < 1.29 is 9.90 Å². The second-order valence-corrected chi connectivity index (χ2v) is 4.08. The van der Waals surface area contributed by atoms with Crippen LogP contribution in [0.15, 0.2) is 57.2 Å². The third-order valence-corrected chi connectivity index (χ3v) is 2.72. The molecule has 0 saturated carbocycles. The zero-order chi connectivity index (χ0) is 13.8. The average molecular weight is 258 g/mol. The minimum Gasteiger partial charge on any atom is -0.392 e. The molecule has 6 heteroatoms. The molecule has 5 N–H and O–H groups in total. The lowest BCUT2D eigenvalue weighted by molar-refractivity contribution is -0.114. The van der Waals surface area contributed by atoms with Gasteiger partial charge in [0, 0.05) is 23.8 Å². The Morgan fingerprint density at radius 3 is 2.79 bits per heavy atom. The summed E-state index contributed by atoms with van der Waals surface area (Å²) in [6.45, 7) is -0.106. The van der Waals surface area contributed by atoms with E-state index in [4.69, 9.17) is 11.5 Å². The van der Waals surface area contributed by atoms with Crippen LogP contribution < -0.4 is 11.5 Å². The first kappa shape index (κ1) is 13.0. The van der Waals surface area contributed by atoms with E-state index < -0.39 is 5.91 Å². The van der Waals surface area contributed by atoms with Gasteiger partial charge in [-0.25, -0.2) is 0 Å². The van der Waals surface area contributed by atoms with Gasteiger partial charge >= 0.3 is 0 Å². The summed E-state index contributed by atoms with van der Waals surface area (Å²) in [6.07, 6.45) is 9.12.